The molecule has 0 bridgehead atoms. The van der Waals surface area contributed by atoms with Crippen LogP contribution in [0.1, 0.15) is 28.9 Å². The molecule has 0 aliphatic heterocycles. The largest absolute Gasteiger partial charge is 0.481 e. The van der Waals surface area contributed by atoms with Gasteiger partial charge in [0.05, 0.1) is 13.2 Å². The third-order valence-corrected chi connectivity index (χ3v) is 3.92. The van der Waals surface area contributed by atoms with Crippen molar-refractivity contribution in [2.75, 3.05) is 20.3 Å². The standard InChI is InChI=1S/C19H23N3O5/c1-27-13-12-22-17(23)10-9-16(20-22)19(26)21(11-5-8-18(24)25)14-15-6-3-2-4-7-15/h2-4,6-7,9-10H,5,8,11-14H2,1H3,(H,24,25). The number of nitrogens with zero attached hydrogens (tertiary/aromatic N) is 3. The van der Waals surface area contributed by atoms with Gasteiger partial charge in [0.1, 0.15) is 5.69 Å². The smallest absolute Gasteiger partial charge is 0.303 e. The molecule has 0 unspecified atom stereocenters. The van der Waals surface area contributed by atoms with E-state index in [0.29, 0.717) is 19.6 Å². The highest BCUT2D eigenvalue weighted by molar-refractivity contribution is 5.92. The minimum Gasteiger partial charge on any atom is -0.481 e. The van der Waals surface area contributed by atoms with Gasteiger partial charge in [0.25, 0.3) is 11.5 Å². The Bertz CT molecular complexity index is 820. The van der Waals surface area contributed by atoms with Crippen LogP contribution in [0.3, 0.4) is 0 Å². The zero-order valence-electron chi connectivity index (χ0n) is 15.2. The Balaban J connectivity index is 2.21. The second-order valence-corrected chi connectivity index (χ2v) is 5.98. The summed E-state index contributed by atoms with van der Waals surface area (Å²) in [5, 5.41) is 13.0. The van der Waals surface area contributed by atoms with Crippen LogP contribution in [0.25, 0.3) is 0 Å². The van der Waals surface area contributed by atoms with Gasteiger partial charge in [0.2, 0.25) is 0 Å². The van der Waals surface area contributed by atoms with Crippen LogP contribution in [-0.2, 0) is 22.6 Å². The molecule has 144 valence electrons. The first-order chi connectivity index (χ1) is 13.0. The van der Waals surface area contributed by atoms with Crippen LogP contribution in [-0.4, -0.2) is 51.9 Å². The molecule has 8 heteroatoms. The molecule has 0 radical (unpaired) electrons. The summed E-state index contributed by atoms with van der Waals surface area (Å²) in [5.41, 5.74) is 0.745. The summed E-state index contributed by atoms with van der Waals surface area (Å²) < 4.78 is 6.14. The average Bonchev–Trinajstić information content (AvgIpc) is 2.66. The van der Waals surface area contributed by atoms with E-state index in [9.17, 15) is 14.4 Å². The molecule has 0 saturated carbocycles. The van der Waals surface area contributed by atoms with Crippen LogP contribution in [0, 0.1) is 0 Å². The first kappa shape index (κ1) is 20.3. The number of carboxylic acid groups (broad SMARTS) is 1. The summed E-state index contributed by atoms with van der Waals surface area (Å²) in [6, 6.07) is 12.1. The monoisotopic (exact) mass is 373 g/mol. The predicted octanol–water partition coefficient (Wildman–Crippen LogP) is 1.40. The fraction of sp³-hybridized carbons (Fsp3) is 0.368. The van der Waals surface area contributed by atoms with Crippen molar-refractivity contribution >= 4 is 11.9 Å². The number of aromatic nitrogens is 2. The molecule has 0 spiro atoms. The average molecular weight is 373 g/mol. The summed E-state index contributed by atoms with van der Waals surface area (Å²) in [5.74, 6) is -1.26. The Morgan fingerprint density at radius 3 is 2.59 bits per heavy atom. The van der Waals surface area contributed by atoms with E-state index in [1.165, 1.54) is 23.9 Å². The molecule has 1 amide bonds. The summed E-state index contributed by atoms with van der Waals surface area (Å²) >= 11 is 0. The molecule has 0 saturated heterocycles. The van der Waals surface area contributed by atoms with Gasteiger partial charge in [-0.3, -0.25) is 14.4 Å². The molecule has 2 aromatic rings. The van der Waals surface area contributed by atoms with Crippen LogP contribution < -0.4 is 5.56 Å². The maximum atomic E-state index is 12.9. The number of carbonyl (C=O) groups excluding carboxylic acids is 1. The number of benzene rings is 1. The van der Waals surface area contributed by atoms with Crippen molar-refractivity contribution in [3.63, 3.8) is 0 Å². The Hall–Kier alpha value is -3.00. The highest BCUT2D eigenvalue weighted by atomic mass is 16.5. The van der Waals surface area contributed by atoms with E-state index in [4.69, 9.17) is 9.84 Å². The van der Waals surface area contributed by atoms with E-state index in [1.54, 1.807) is 4.90 Å². The number of amides is 1. The first-order valence-electron chi connectivity index (χ1n) is 8.63. The molecule has 1 N–H and O–H groups in total. The molecule has 0 aliphatic rings. The second-order valence-electron chi connectivity index (χ2n) is 5.98. The van der Waals surface area contributed by atoms with Gasteiger partial charge >= 0.3 is 5.97 Å². The summed E-state index contributed by atoms with van der Waals surface area (Å²) in [6.07, 6.45) is 0.302. The van der Waals surface area contributed by atoms with E-state index >= 15 is 0 Å². The molecule has 0 fully saturated rings. The van der Waals surface area contributed by atoms with E-state index in [0.717, 1.165) is 5.56 Å². The van der Waals surface area contributed by atoms with Gasteiger partial charge in [-0.25, -0.2) is 4.68 Å². The number of methoxy groups -OCH3 is 1. The quantitative estimate of drug-likeness (QED) is 0.675. The predicted molar refractivity (Wildman–Crippen MR) is 98.4 cm³/mol. The highest BCUT2D eigenvalue weighted by Gasteiger charge is 2.19. The molecule has 27 heavy (non-hydrogen) atoms. The lowest BCUT2D eigenvalue weighted by atomic mass is 10.2. The minimum absolute atomic E-state index is 0.0284. The van der Waals surface area contributed by atoms with Crippen LogP contribution in [0.4, 0.5) is 0 Å². The zero-order chi connectivity index (χ0) is 19.6. The van der Waals surface area contributed by atoms with E-state index < -0.39 is 5.97 Å². The van der Waals surface area contributed by atoms with Crippen molar-refractivity contribution in [3.05, 3.63) is 64.1 Å². The summed E-state index contributed by atoms with van der Waals surface area (Å²) in [7, 11) is 1.52. The van der Waals surface area contributed by atoms with E-state index in [1.807, 2.05) is 30.3 Å². The van der Waals surface area contributed by atoms with Gasteiger partial charge in [-0.15, -0.1) is 0 Å². The van der Waals surface area contributed by atoms with Crippen LogP contribution in [0.2, 0.25) is 0 Å². The van der Waals surface area contributed by atoms with Gasteiger partial charge in [0, 0.05) is 32.7 Å². The van der Waals surface area contributed by atoms with Crippen molar-refractivity contribution in [1.29, 1.82) is 0 Å². The van der Waals surface area contributed by atoms with Crippen LogP contribution in [0.5, 0.6) is 0 Å². The Morgan fingerprint density at radius 2 is 1.93 bits per heavy atom. The number of aliphatic carboxylic acids is 1. The van der Waals surface area contributed by atoms with Gasteiger partial charge in [-0.2, -0.15) is 5.10 Å². The fourth-order valence-electron chi connectivity index (χ4n) is 2.54. The number of hydrogen-bond donors (Lipinski definition) is 1. The summed E-state index contributed by atoms with van der Waals surface area (Å²) in [4.78, 5) is 37.1. The number of carbonyl (C=O) groups is 2. The van der Waals surface area contributed by atoms with Crippen LogP contribution >= 0.6 is 0 Å². The minimum atomic E-state index is -0.909. The lowest BCUT2D eigenvalue weighted by molar-refractivity contribution is -0.137. The van der Waals surface area contributed by atoms with Gasteiger partial charge in [-0.05, 0) is 18.1 Å². The lowest BCUT2D eigenvalue weighted by Crippen LogP contribution is -2.34. The SMILES string of the molecule is COCCn1nc(C(=O)N(CCCC(=O)O)Cc2ccccc2)ccc1=O. The number of hydrogen-bond acceptors (Lipinski definition) is 5. The van der Waals surface area contributed by atoms with Crippen molar-refractivity contribution in [2.45, 2.75) is 25.9 Å². The third-order valence-electron chi connectivity index (χ3n) is 3.92. The molecule has 0 atom stereocenters. The maximum Gasteiger partial charge on any atom is 0.303 e. The molecule has 8 nitrogen and oxygen atoms in total. The molecule has 1 heterocycles. The number of rotatable bonds is 10. The molecular formula is C19H23N3O5. The van der Waals surface area contributed by atoms with E-state index in [-0.39, 0.29) is 36.7 Å². The number of carboxylic acids is 1. The Morgan fingerprint density at radius 1 is 1.19 bits per heavy atom. The molecule has 2 rings (SSSR count). The lowest BCUT2D eigenvalue weighted by Gasteiger charge is -2.22. The zero-order valence-corrected chi connectivity index (χ0v) is 15.2. The Labute approximate surface area is 157 Å². The normalized spacial score (nSPS) is 10.6. The molecular weight excluding hydrogens is 350 g/mol. The van der Waals surface area contributed by atoms with Gasteiger partial charge in [-0.1, -0.05) is 30.3 Å². The van der Waals surface area contributed by atoms with Crippen molar-refractivity contribution in [2.24, 2.45) is 0 Å². The second kappa shape index (κ2) is 10.2. The molecule has 1 aromatic heterocycles. The first-order valence-corrected chi connectivity index (χ1v) is 8.63. The Kier molecular flexibility index (Phi) is 7.69. The van der Waals surface area contributed by atoms with E-state index in [2.05, 4.69) is 5.10 Å². The topological polar surface area (TPSA) is 102 Å². The van der Waals surface area contributed by atoms with Gasteiger partial charge < -0.3 is 14.7 Å². The van der Waals surface area contributed by atoms with Gasteiger partial charge in [0.15, 0.2) is 0 Å². The highest BCUT2D eigenvalue weighted by Crippen LogP contribution is 2.10. The molecule has 1 aromatic carbocycles. The third kappa shape index (κ3) is 6.34. The van der Waals surface area contributed by atoms with Crippen LogP contribution in [0.15, 0.2) is 47.3 Å². The van der Waals surface area contributed by atoms with Crippen molar-refractivity contribution < 1.29 is 19.4 Å². The maximum absolute atomic E-state index is 12.9. The fourth-order valence-corrected chi connectivity index (χ4v) is 2.54. The molecule has 0 aliphatic carbocycles. The summed E-state index contributed by atoms with van der Waals surface area (Å²) in [6.45, 7) is 1.15. The number of ether oxygens (including phenoxy) is 1. The van der Waals surface area contributed by atoms with Crippen molar-refractivity contribution in [3.8, 4) is 0 Å². The van der Waals surface area contributed by atoms with Crippen molar-refractivity contribution in [1.82, 2.24) is 14.7 Å².